The first-order chi connectivity index (χ1) is 15.2. The highest BCUT2D eigenvalue weighted by atomic mass is 16.5. The Morgan fingerprint density at radius 3 is 2.65 bits per heavy atom. The maximum absolute atomic E-state index is 12.8. The van der Waals surface area contributed by atoms with Crippen molar-refractivity contribution < 1.29 is 9.53 Å². The van der Waals surface area contributed by atoms with Crippen LogP contribution in [0.15, 0.2) is 59.6 Å². The normalized spacial score (nSPS) is 18.7. The van der Waals surface area contributed by atoms with E-state index in [2.05, 4.69) is 45.5 Å². The zero-order valence-electron chi connectivity index (χ0n) is 18.3. The van der Waals surface area contributed by atoms with Crippen molar-refractivity contribution in [1.29, 1.82) is 0 Å². The molecule has 1 saturated heterocycles. The SMILES string of the molecule is CN=C(NCC(=O)N1CCc2ccccc2C1)N1CCC(COCc2ccccc2)C1. The number of carbonyl (C=O) groups is 1. The summed E-state index contributed by atoms with van der Waals surface area (Å²) < 4.78 is 5.92. The number of benzene rings is 2. The fourth-order valence-electron chi connectivity index (χ4n) is 4.39. The molecule has 2 aromatic rings. The van der Waals surface area contributed by atoms with Crippen LogP contribution in [0.5, 0.6) is 0 Å². The van der Waals surface area contributed by atoms with E-state index in [1.807, 2.05) is 29.2 Å². The molecule has 1 N–H and O–H groups in total. The molecule has 2 aliphatic rings. The minimum atomic E-state index is 0.123. The molecule has 6 nitrogen and oxygen atoms in total. The second-order valence-corrected chi connectivity index (χ2v) is 8.34. The summed E-state index contributed by atoms with van der Waals surface area (Å²) in [7, 11) is 1.78. The first-order valence-electron chi connectivity index (χ1n) is 11.1. The van der Waals surface area contributed by atoms with Gasteiger partial charge in [-0.3, -0.25) is 9.79 Å². The Kier molecular flexibility index (Phi) is 7.20. The number of amides is 1. The van der Waals surface area contributed by atoms with E-state index in [-0.39, 0.29) is 12.5 Å². The molecule has 0 radical (unpaired) electrons. The van der Waals surface area contributed by atoms with Crippen LogP contribution in [0.1, 0.15) is 23.1 Å². The number of hydrogen-bond acceptors (Lipinski definition) is 3. The van der Waals surface area contributed by atoms with Gasteiger partial charge in [0.05, 0.1) is 19.8 Å². The van der Waals surface area contributed by atoms with Crippen LogP contribution >= 0.6 is 0 Å². The van der Waals surface area contributed by atoms with Crippen LogP contribution in [0, 0.1) is 5.92 Å². The quantitative estimate of drug-likeness (QED) is 0.577. The number of aliphatic imine (C=N–C) groups is 1. The molecule has 4 rings (SSSR count). The van der Waals surface area contributed by atoms with E-state index in [0.717, 1.165) is 45.0 Å². The van der Waals surface area contributed by atoms with E-state index in [4.69, 9.17) is 4.74 Å². The van der Waals surface area contributed by atoms with Crippen LogP contribution in [0.3, 0.4) is 0 Å². The lowest BCUT2D eigenvalue weighted by Crippen LogP contribution is -2.46. The molecule has 1 fully saturated rings. The molecule has 31 heavy (non-hydrogen) atoms. The predicted molar refractivity (Wildman–Crippen MR) is 123 cm³/mol. The van der Waals surface area contributed by atoms with Gasteiger partial charge in [-0.2, -0.15) is 0 Å². The second kappa shape index (κ2) is 10.4. The first-order valence-corrected chi connectivity index (χ1v) is 11.1. The van der Waals surface area contributed by atoms with E-state index >= 15 is 0 Å². The molecule has 164 valence electrons. The maximum atomic E-state index is 12.8. The molecule has 0 aromatic heterocycles. The third-order valence-electron chi connectivity index (χ3n) is 6.14. The van der Waals surface area contributed by atoms with E-state index in [0.29, 0.717) is 19.1 Å². The van der Waals surface area contributed by atoms with Gasteiger partial charge in [-0.25, -0.2) is 0 Å². The van der Waals surface area contributed by atoms with Crippen LogP contribution in [-0.2, 0) is 29.1 Å². The monoisotopic (exact) mass is 420 g/mol. The van der Waals surface area contributed by atoms with Gasteiger partial charge in [0, 0.05) is 39.1 Å². The highest BCUT2D eigenvalue weighted by molar-refractivity contribution is 5.86. The summed E-state index contributed by atoms with van der Waals surface area (Å²) in [4.78, 5) is 21.3. The summed E-state index contributed by atoms with van der Waals surface area (Å²) in [5.41, 5.74) is 3.81. The lowest BCUT2D eigenvalue weighted by Gasteiger charge is -2.29. The van der Waals surface area contributed by atoms with E-state index in [9.17, 15) is 4.79 Å². The zero-order valence-corrected chi connectivity index (χ0v) is 18.3. The van der Waals surface area contributed by atoms with E-state index in [1.165, 1.54) is 16.7 Å². The van der Waals surface area contributed by atoms with Crippen LogP contribution in [0.4, 0.5) is 0 Å². The third-order valence-corrected chi connectivity index (χ3v) is 6.14. The molecule has 0 spiro atoms. The van der Waals surface area contributed by atoms with Crippen molar-refractivity contribution >= 4 is 11.9 Å². The number of nitrogens with one attached hydrogen (secondary N) is 1. The molecule has 1 unspecified atom stereocenters. The van der Waals surface area contributed by atoms with Crippen LogP contribution in [0.2, 0.25) is 0 Å². The van der Waals surface area contributed by atoms with Crippen molar-refractivity contribution in [2.45, 2.75) is 26.0 Å². The van der Waals surface area contributed by atoms with Crippen LogP contribution in [0.25, 0.3) is 0 Å². The minimum absolute atomic E-state index is 0.123. The lowest BCUT2D eigenvalue weighted by atomic mass is 10.00. The van der Waals surface area contributed by atoms with Gasteiger partial charge >= 0.3 is 0 Å². The molecule has 2 heterocycles. The molecule has 6 heteroatoms. The van der Waals surface area contributed by atoms with Crippen molar-refractivity contribution in [3.63, 3.8) is 0 Å². The molecule has 2 aromatic carbocycles. The summed E-state index contributed by atoms with van der Waals surface area (Å²) in [5, 5.41) is 3.28. The summed E-state index contributed by atoms with van der Waals surface area (Å²) in [6.45, 7) is 4.98. The topological polar surface area (TPSA) is 57.2 Å². The largest absolute Gasteiger partial charge is 0.376 e. The van der Waals surface area contributed by atoms with Gasteiger partial charge < -0.3 is 19.9 Å². The first kappa shape index (κ1) is 21.4. The molecule has 2 aliphatic heterocycles. The fourth-order valence-corrected chi connectivity index (χ4v) is 4.39. The Morgan fingerprint density at radius 2 is 1.84 bits per heavy atom. The van der Waals surface area contributed by atoms with Gasteiger partial charge in [0.1, 0.15) is 0 Å². The molecule has 1 amide bonds. The third kappa shape index (κ3) is 5.64. The number of likely N-dealkylation sites (tertiary alicyclic amines) is 1. The van der Waals surface area contributed by atoms with Crippen LogP contribution in [-0.4, -0.2) is 61.5 Å². The second-order valence-electron chi connectivity index (χ2n) is 8.34. The van der Waals surface area contributed by atoms with Crippen LogP contribution < -0.4 is 5.32 Å². The molecule has 1 atom stereocenters. The van der Waals surface area contributed by atoms with Crippen molar-refractivity contribution in [1.82, 2.24) is 15.1 Å². The van der Waals surface area contributed by atoms with Crippen molar-refractivity contribution in [2.24, 2.45) is 10.9 Å². The number of rotatable bonds is 6. The number of guanidine groups is 1. The van der Waals surface area contributed by atoms with E-state index < -0.39 is 0 Å². The van der Waals surface area contributed by atoms with Crippen molar-refractivity contribution in [3.05, 3.63) is 71.3 Å². The van der Waals surface area contributed by atoms with Crippen molar-refractivity contribution in [2.75, 3.05) is 39.8 Å². The van der Waals surface area contributed by atoms with Gasteiger partial charge in [-0.1, -0.05) is 54.6 Å². The fraction of sp³-hybridized carbons (Fsp3) is 0.440. The number of ether oxygens (including phenoxy) is 1. The summed E-state index contributed by atoms with van der Waals surface area (Å²) in [6, 6.07) is 18.7. The maximum Gasteiger partial charge on any atom is 0.242 e. The highest BCUT2D eigenvalue weighted by Crippen LogP contribution is 2.19. The van der Waals surface area contributed by atoms with Gasteiger partial charge in [-0.15, -0.1) is 0 Å². The average Bonchev–Trinajstić information content (AvgIpc) is 3.28. The Balaban J connectivity index is 1.20. The van der Waals surface area contributed by atoms with Crippen molar-refractivity contribution in [3.8, 4) is 0 Å². The van der Waals surface area contributed by atoms with Gasteiger partial charge in [-0.05, 0) is 29.5 Å². The smallest absolute Gasteiger partial charge is 0.242 e. The standard InChI is InChI=1S/C25H32N4O2/c1-26-25(27-15-24(30)28-14-12-22-9-5-6-10-23(22)17-28)29-13-11-21(16-29)19-31-18-20-7-3-2-4-8-20/h2-10,21H,11-19H2,1H3,(H,26,27). The number of carbonyl (C=O) groups excluding carboxylic acids is 1. The average molecular weight is 421 g/mol. The summed E-state index contributed by atoms with van der Waals surface area (Å²) in [5.74, 6) is 1.41. The summed E-state index contributed by atoms with van der Waals surface area (Å²) >= 11 is 0. The highest BCUT2D eigenvalue weighted by Gasteiger charge is 2.26. The van der Waals surface area contributed by atoms with Gasteiger partial charge in [0.25, 0.3) is 0 Å². The predicted octanol–water partition coefficient (Wildman–Crippen LogP) is 2.69. The minimum Gasteiger partial charge on any atom is -0.376 e. The Labute approximate surface area is 184 Å². The molecule has 0 bridgehead atoms. The molecular formula is C25H32N4O2. The Morgan fingerprint density at radius 1 is 1.06 bits per heavy atom. The number of fused-ring (bicyclic) bond motifs is 1. The summed E-state index contributed by atoms with van der Waals surface area (Å²) in [6.07, 6.45) is 2.00. The van der Waals surface area contributed by atoms with Gasteiger partial charge in [0.2, 0.25) is 5.91 Å². The van der Waals surface area contributed by atoms with E-state index in [1.54, 1.807) is 7.05 Å². The van der Waals surface area contributed by atoms with Gasteiger partial charge in [0.15, 0.2) is 5.96 Å². The number of nitrogens with zero attached hydrogens (tertiary/aromatic N) is 3. The Bertz CT molecular complexity index is 899. The molecule has 0 saturated carbocycles. The lowest BCUT2D eigenvalue weighted by molar-refractivity contribution is -0.130. The zero-order chi connectivity index (χ0) is 21.5. The molecule has 0 aliphatic carbocycles. The Hall–Kier alpha value is -2.86. The number of hydrogen-bond donors (Lipinski definition) is 1. The molecular weight excluding hydrogens is 388 g/mol.